The van der Waals surface area contributed by atoms with Crippen molar-refractivity contribution in [1.29, 1.82) is 0 Å². The van der Waals surface area contributed by atoms with Gasteiger partial charge in [-0.05, 0) is 54.1 Å². The zero-order valence-electron chi connectivity index (χ0n) is 15.9. The molecule has 1 amide bonds. The van der Waals surface area contributed by atoms with Crippen LogP contribution in [0.5, 0.6) is 17.2 Å². The first kappa shape index (κ1) is 18.9. The summed E-state index contributed by atoms with van der Waals surface area (Å²) in [6.07, 6.45) is 0. The Kier molecular flexibility index (Phi) is 5.37. The Balaban J connectivity index is 1.36. The Morgan fingerprint density at radius 2 is 1.79 bits per heavy atom. The number of hydrogen-bond acceptors (Lipinski definition) is 5. The predicted molar refractivity (Wildman–Crippen MR) is 103 cm³/mol. The molecule has 0 bridgehead atoms. The van der Waals surface area contributed by atoms with E-state index in [4.69, 9.17) is 18.6 Å². The van der Waals surface area contributed by atoms with Crippen LogP contribution in [0.2, 0.25) is 0 Å². The lowest BCUT2D eigenvalue weighted by atomic mass is 10.2. The van der Waals surface area contributed by atoms with Crippen LogP contribution < -0.4 is 14.2 Å². The fourth-order valence-corrected chi connectivity index (χ4v) is 2.98. The SMILES string of the molecule is CN(Cc1ccc2c(c1)OCCO2)C(=O)c1ccc(COc2ccc(F)cc2)o1. The third-order valence-corrected chi connectivity index (χ3v) is 4.44. The van der Waals surface area contributed by atoms with Crippen molar-refractivity contribution in [3.05, 3.63) is 77.5 Å². The monoisotopic (exact) mass is 397 g/mol. The van der Waals surface area contributed by atoms with E-state index in [9.17, 15) is 9.18 Å². The maximum absolute atomic E-state index is 12.9. The molecule has 0 aliphatic carbocycles. The van der Waals surface area contributed by atoms with E-state index < -0.39 is 0 Å². The van der Waals surface area contributed by atoms with Crippen LogP contribution in [0.25, 0.3) is 0 Å². The second kappa shape index (κ2) is 8.26. The van der Waals surface area contributed by atoms with Crippen LogP contribution in [-0.4, -0.2) is 31.1 Å². The van der Waals surface area contributed by atoms with Crippen molar-refractivity contribution in [3.63, 3.8) is 0 Å². The summed E-state index contributed by atoms with van der Waals surface area (Å²) in [6, 6.07) is 14.6. The number of ether oxygens (including phenoxy) is 3. The quantitative estimate of drug-likeness (QED) is 0.628. The predicted octanol–water partition coefficient (Wildman–Crippen LogP) is 4.04. The van der Waals surface area contributed by atoms with Crippen molar-refractivity contribution < 1.29 is 27.8 Å². The zero-order chi connectivity index (χ0) is 20.2. The maximum atomic E-state index is 12.9. The first-order valence-corrected chi connectivity index (χ1v) is 9.19. The average Bonchev–Trinajstić information content (AvgIpc) is 3.21. The number of hydrogen-bond donors (Lipinski definition) is 0. The van der Waals surface area contributed by atoms with E-state index in [1.807, 2.05) is 18.2 Å². The number of benzene rings is 2. The van der Waals surface area contributed by atoms with Gasteiger partial charge >= 0.3 is 0 Å². The maximum Gasteiger partial charge on any atom is 0.289 e. The molecule has 0 radical (unpaired) electrons. The van der Waals surface area contributed by atoms with Gasteiger partial charge in [0, 0.05) is 13.6 Å². The number of fused-ring (bicyclic) bond motifs is 1. The van der Waals surface area contributed by atoms with Crippen LogP contribution in [0.15, 0.2) is 59.0 Å². The van der Waals surface area contributed by atoms with Crippen molar-refractivity contribution in [2.45, 2.75) is 13.2 Å². The molecule has 0 fully saturated rings. The second-order valence-corrected chi connectivity index (χ2v) is 6.65. The topological polar surface area (TPSA) is 61.1 Å². The molecule has 29 heavy (non-hydrogen) atoms. The van der Waals surface area contributed by atoms with Gasteiger partial charge in [-0.2, -0.15) is 0 Å². The highest BCUT2D eigenvalue weighted by atomic mass is 19.1. The van der Waals surface area contributed by atoms with Crippen LogP contribution in [0, 0.1) is 5.82 Å². The third-order valence-electron chi connectivity index (χ3n) is 4.44. The van der Waals surface area contributed by atoms with Gasteiger partial charge in [0.15, 0.2) is 17.3 Å². The van der Waals surface area contributed by atoms with E-state index in [0.29, 0.717) is 42.8 Å². The minimum Gasteiger partial charge on any atom is -0.486 e. The van der Waals surface area contributed by atoms with Crippen molar-refractivity contribution in [2.75, 3.05) is 20.3 Å². The molecule has 0 N–H and O–H groups in total. The normalized spacial score (nSPS) is 12.5. The van der Waals surface area contributed by atoms with E-state index >= 15 is 0 Å². The van der Waals surface area contributed by atoms with Crippen molar-refractivity contribution in [2.24, 2.45) is 0 Å². The molecule has 7 heteroatoms. The molecule has 6 nitrogen and oxygen atoms in total. The van der Waals surface area contributed by atoms with Gasteiger partial charge in [-0.15, -0.1) is 0 Å². The van der Waals surface area contributed by atoms with E-state index in [0.717, 1.165) is 5.56 Å². The smallest absolute Gasteiger partial charge is 0.289 e. The summed E-state index contributed by atoms with van der Waals surface area (Å²) in [4.78, 5) is 14.2. The van der Waals surface area contributed by atoms with E-state index in [1.54, 1.807) is 24.1 Å². The molecule has 1 aromatic heterocycles. The van der Waals surface area contributed by atoms with Crippen molar-refractivity contribution in [1.82, 2.24) is 4.90 Å². The molecule has 1 aliphatic heterocycles. The van der Waals surface area contributed by atoms with E-state index in [-0.39, 0.29) is 24.1 Å². The summed E-state index contributed by atoms with van der Waals surface area (Å²) < 4.78 is 35.2. The Morgan fingerprint density at radius 3 is 2.59 bits per heavy atom. The molecule has 1 aliphatic rings. The summed E-state index contributed by atoms with van der Waals surface area (Å²) in [5.74, 6) is 2.08. The molecule has 0 saturated heterocycles. The zero-order valence-corrected chi connectivity index (χ0v) is 15.9. The third kappa shape index (κ3) is 4.51. The largest absolute Gasteiger partial charge is 0.486 e. The minimum atomic E-state index is -0.329. The fraction of sp³-hybridized carbons (Fsp3) is 0.227. The number of furan rings is 1. The Bertz CT molecular complexity index is 999. The standard InChI is InChI=1S/C22H20FNO5/c1-24(13-15-2-8-19-21(12-15)27-11-10-26-19)22(25)20-9-7-18(29-20)14-28-17-5-3-16(23)4-6-17/h2-9,12H,10-11,13-14H2,1H3. The molecule has 4 rings (SSSR count). The van der Waals surface area contributed by atoms with Gasteiger partial charge in [0.25, 0.3) is 5.91 Å². The van der Waals surface area contributed by atoms with Crippen LogP contribution >= 0.6 is 0 Å². The van der Waals surface area contributed by atoms with Gasteiger partial charge in [0.2, 0.25) is 0 Å². The Labute approximate surface area is 167 Å². The fourth-order valence-electron chi connectivity index (χ4n) is 2.98. The van der Waals surface area contributed by atoms with Gasteiger partial charge in [0.1, 0.15) is 37.1 Å². The highest BCUT2D eigenvalue weighted by Crippen LogP contribution is 2.31. The van der Waals surface area contributed by atoms with Gasteiger partial charge in [0.05, 0.1) is 0 Å². The lowest BCUT2D eigenvalue weighted by molar-refractivity contribution is 0.0749. The first-order chi connectivity index (χ1) is 14.1. The lowest BCUT2D eigenvalue weighted by Crippen LogP contribution is -2.26. The van der Waals surface area contributed by atoms with E-state index in [2.05, 4.69) is 0 Å². The molecule has 0 saturated carbocycles. The lowest BCUT2D eigenvalue weighted by Gasteiger charge is -2.20. The molecule has 2 heterocycles. The van der Waals surface area contributed by atoms with Crippen LogP contribution in [0.1, 0.15) is 21.9 Å². The average molecular weight is 397 g/mol. The molecule has 2 aromatic carbocycles. The van der Waals surface area contributed by atoms with Crippen molar-refractivity contribution >= 4 is 5.91 Å². The molecule has 3 aromatic rings. The first-order valence-electron chi connectivity index (χ1n) is 9.19. The van der Waals surface area contributed by atoms with Gasteiger partial charge in [-0.1, -0.05) is 6.07 Å². The summed E-state index contributed by atoms with van der Waals surface area (Å²) in [6.45, 7) is 1.60. The van der Waals surface area contributed by atoms with Crippen LogP contribution in [0.3, 0.4) is 0 Å². The highest BCUT2D eigenvalue weighted by Gasteiger charge is 2.18. The number of rotatable bonds is 6. The minimum absolute atomic E-state index is 0.144. The number of halogens is 1. The van der Waals surface area contributed by atoms with Crippen LogP contribution in [-0.2, 0) is 13.2 Å². The molecular weight excluding hydrogens is 377 g/mol. The summed E-state index contributed by atoms with van der Waals surface area (Å²) in [5, 5.41) is 0. The molecule has 0 atom stereocenters. The van der Waals surface area contributed by atoms with E-state index in [1.165, 1.54) is 24.3 Å². The second-order valence-electron chi connectivity index (χ2n) is 6.65. The molecule has 0 unspecified atom stereocenters. The molecule has 0 spiro atoms. The van der Waals surface area contributed by atoms with Crippen LogP contribution in [0.4, 0.5) is 4.39 Å². The Morgan fingerprint density at radius 1 is 1.03 bits per heavy atom. The highest BCUT2D eigenvalue weighted by molar-refractivity contribution is 5.91. The number of nitrogens with zero attached hydrogens (tertiary/aromatic N) is 1. The molecular formula is C22H20FNO5. The van der Waals surface area contributed by atoms with Gasteiger partial charge in [-0.25, -0.2) is 4.39 Å². The van der Waals surface area contributed by atoms with Gasteiger partial charge < -0.3 is 23.5 Å². The summed E-state index contributed by atoms with van der Waals surface area (Å²) in [7, 11) is 1.70. The number of carbonyl (C=O) groups excluding carboxylic acids is 1. The van der Waals surface area contributed by atoms with Gasteiger partial charge in [-0.3, -0.25) is 4.79 Å². The number of amides is 1. The summed E-state index contributed by atoms with van der Waals surface area (Å²) in [5.41, 5.74) is 0.927. The Hall–Kier alpha value is -3.48. The summed E-state index contributed by atoms with van der Waals surface area (Å²) >= 11 is 0. The number of carbonyl (C=O) groups is 1. The molecule has 150 valence electrons. The van der Waals surface area contributed by atoms with Crippen molar-refractivity contribution in [3.8, 4) is 17.2 Å².